The summed E-state index contributed by atoms with van der Waals surface area (Å²) in [5.41, 5.74) is 0.234. The van der Waals surface area contributed by atoms with Crippen LogP contribution in [0.25, 0.3) is 0 Å². The summed E-state index contributed by atoms with van der Waals surface area (Å²) in [5, 5.41) is 0. The number of rotatable bonds is 2. The smallest absolute Gasteiger partial charge is 0.170 e. The molecule has 86 valence electrons. The zero-order valence-corrected chi connectivity index (χ0v) is 9.87. The van der Waals surface area contributed by atoms with Crippen molar-refractivity contribution in [2.45, 2.75) is 32.8 Å². The summed E-state index contributed by atoms with van der Waals surface area (Å²) in [6, 6.07) is 5.37. The van der Waals surface area contributed by atoms with Gasteiger partial charge in [0, 0.05) is 6.07 Å². The van der Waals surface area contributed by atoms with Gasteiger partial charge in [-0.25, -0.2) is 0 Å². The number of hydrogen-bond acceptors (Lipinski definition) is 3. The van der Waals surface area contributed by atoms with E-state index in [1.165, 1.54) is 0 Å². The second kappa shape index (κ2) is 3.81. The summed E-state index contributed by atoms with van der Waals surface area (Å²) in [6.07, 6.45) is 0.425. The van der Waals surface area contributed by atoms with Gasteiger partial charge in [-0.15, -0.1) is 0 Å². The van der Waals surface area contributed by atoms with Crippen molar-refractivity contribution < 1.29 is 14.3 Å². The number of fused-ring (bicyclic) bond motifs is 1. The molecule has 0 saturated carbocycles. The molecule has 16 heavy (non-hydrogen) atoms. The van der Waals surface area contributed by atoms with Crippen molar-refractivity contribution in [2.75, 3.05) is 6.61 Å². The van der Waals surface area contributed by atoms with Gasteiger partial charge in [0.2, 0.25) is 0 Å². The Morgan fingerprint density at radius 2 is 2.19 bits per heavy atom. The Kier molecular flexibility index (Phi) is 2.62. The maximum absolute atomic E-state index is 11.8. The van der Waals surface area contributed by atoms with E-state index in [1.54, 1.807) is 12.1 Å². The first-order valence-electron chi connectivity index (χ1n) is 5.51. The second-order valence-electron chi connectivity index (χ2n) is 4.55. The number of carbonyl (C=O) groups excluding carboxylic acids is 1. The lowest BCUT2D eigenvalue weighted by atomic mass is 9.93. The topological polar surface area (TPSA) is 35.5 Å². The number of ketones is 1. The van der Waals surface area contributed by atoms with Crippen LogP contribution < -0.4 is 9.47 Å². The highest BCUT2D eigenvalue weighted by Gasteiger charge is 2.32. The first-order valence-corrected chi connectivity index (χ1v) is 5.51. The highest BCUT2D eigenvalue weighted by atomic mass is 16.5. The summed E-state index contributed by atoms with van der Waals surface area (Å²) in [4.78, 5) is 11.8. The van der Waals surface area contributed by atoms with Crippen LogP contribution in [0, 0.1) is 0 Å². The van der Waals surface area contributed by atoms with Crippen molar-refractivity contribution in [3.05, 3.63) is 23.8 Å². The van der Waals surface area contributed by atoms with Crippen LogP contribution in [0.2, 0.25) is 0 Å². The molecule has 0 unspecified atom stereocenters. The normalized spacial score (nSPS) is 17.6. The van der Waals surface area contributed by atoms with Crippen LogP contribution in [-0.4, -0.2) is 18.0 Å². The van der Waals surface area contributed by atoms with Gasteiger partial charge in [-0.2, -0.15) is 0 Å². The quantitative estimate of drug-likeness (QED) is 0.768. The molecule has 3 heteroatoms. The van der Waals surface area contributed by atoms with Crippen LogP contribution >= 0.6 is 0 Å². The molecule has 1 heterocycles. The molecule has 0 aromatic heterocycles. The first kappa shape index (κ1) is 11.0. The van der Waals surface area contributed by atoms with E-state index >= 15 is 0 Å². The standard InChI is InChI=1S/C13H16O3/c1-4-15-9-5-6-10-11(14)8-13(2,3)16-12(10)7-9/h5-7H,4,8H2,1-3H3. The Bertz CT molecular complexity index is 421. The van der Waals surface area contributed by atoms with Gasteiger partial charge >= 0.3 is 0 Å². The molecule has 0 aliphatic carbocycles. The van der Waals surface area contributed by atoms with Gasteiger partial charge in [0.1, 0.15) is 17.1 Å². The molecule has 2 rings (SSSR count). The number of Topliss-reactive ketones (excluding diaryl/α,β-unsaturated/α-hetero) is 1. The van der Waals surface area contributed by atoms with E-state index in [9.17, 15) is 4.79 Å². The van der Waals surface area contributed by atoms with E-state index in [-0.39, 0.29) is 5.78 Å². The van der Waals surface area contributed by atoms with E-state index in [0.29, 0.717) is 24.3 Å². The molecular formula is C13H16O3. The number of hydrogen-bond donors (Lipinski definition) is 0. The van der Waals surface area contributed by atoms with Crippen LogP contribution in [0.3, 0.4) is 0 Å². The minimum Gasteiger partial charge on any atom is -0.494 e. The third-order valence-electron chi connectivity index (χ3n) is 2.54. The molecule has 0 saturated heterocycles. The van der Waals surface area contributed by atoms with Gasteiger partial charge in [0.25, 0.3) is 0 Å². The molecule has 0 spiro atoms. The van der Waals surface area contributed by atoms with Crippen molar-refractivity contribution >= 4 is 5.78 Å². The molecule has 1 aromatic carbocycles. The lowest BCUT2D eigenvalue weighted by molar-refractivity contribution is 0.0618. The largest absolute Gasteiger partial charge is 0.494 e. The minimum absolute atomic E-state index is 0.134. The van der Waals surface area contributed by atoms with Gasteiger partial charge in [0.05, 0.1) is 18.6 Å². The van der Waals surface area contributed by atoms with Gasteiger partial charge in [-0.1, -0.05) is 0 Å². The van der Waals surface area contributed by atoms with Crippen LogP contribution in [0.5, 0.6) is 11.5 Å². The number of carbonyl (C=O) groups is 1. The predicted molar refractivity (Wildman–Crippen MR) is 61.3 cm³/mol. The average molecular weight is 220 g/mol. The average Bonchev–Trinajstić information content (AvgIpc) is 2.15. The fourth-order valence-corrected chi connectivity index (χ4v) is 1.89. The molecule has 1 aliphatic rings. The van der Waals surface area contributed by atoms with E-state index in [2.05, 4.69) is 0 Å². The monoisotopic (exact) mass is 220 g/mol. The van der Waals surface area contributed by atoms with Crippen molar-refractivity contribution in [3.63, 3.8) is 0 Å². The van der Waals surface area contributed by atoms with Crippen LogP contribution in [0.15, 0.2) is 18.2 Å². The summed E-state index contributed by atoms with van der Waals surface area (Å²) < 4.78 is 11.2. The molecule has 0 amide bonds. The van der Waals surface area contributed by atoms with Gasteiger partial charge in [0.15, 0.2) is 5.78 Å². The number of ether oxygens (including phenoxy) is 2. The van der Waals surface area contributed by atoms with Crippen molar-refractivity contribution in [1.82, 2.24) is 0 Å². The molecule has 0 atom stereocenters. The summed E-state index contributed by atoms with van der Waals surface area (Å²) in [6.45, 7) is 6.37. The molecule has 0 bridgehead atoms. The maximum atomic E-state index is 11.8. The zero-order valence-electron chi connectivity index (χ0n) is 9.87. The molecule has 3 nitrogen and oxygen atoms in total. The summed E-state index contributed by atoms with van der Waals surface area (Å²) in [5.74, 6) is 1.51. The van der Waals surface area contributed by atoms with Crippen LogP contribution in [0.4, 0.5) is 0 Å². The molecule has 0 fully saturated rings. The Morgan fingerprint density at radius 1 is 1.44 bits per heavy atom. The Hall–Kier alpha value is -1.51. The van der Waals surface area contributed by atoms with Gasteiger partial charge in [-0.05, 0) is 32.9 Å². The Balaban J connectivity index is 2.38. The first-order chi connectivity index (χ1) is 7.52. The SMILES string of the molecule is CCOc1ccc2c(c1)OC(C)(C)CC2=O. The second-order valence-corrected chi connectivity index (χ2v) is 4.55. The molecule has 0 N–H and O–H groups in total. The third kappa shape index (κ3) is 2.03. The molecule has 1 aliphatic heterocycles. The Morgan fingerprint density at radius 3 is 2.88 bits per heavy atom. The van der Waals surface area contributed by atoms with Crippen molar-refractivity contribution in [3.8, 4) is 11.5 Å². The van der Waals surface area contributed by atoms with Crippen molar-refractivity contribution in [2.24, 2.45) is 0 Å². The Labute approximate surface area is 95.4 Å². The predicted octanol–water partition coefficient (Wildman–Crippen LogP) is 2.83. The van der Waals surface area contributed by atoms with Crippen LogP contribution in [-0.2, 0) is 0 Å². The van der Waals surface area contributed by atoms with E-state index < -0.39 is 5.60 Å². The third-order valence-corrected chi connectivity index (χ3v) is 2.54. The lowest BCUT2D eigenvalue weighted by Crippen LogP contribution is -2.35. The van der Waals surface area contributed by atoms with E-state index in [4.69, 9.17) is 9.47 Å². The van der Waals surface area contributed by atoms with Crippen LogP contribution in [0.1, 0.15) is 37.6 Å². The molecular weight excluding hydrogens is 204 g/mol. The van der Waals surface area contributed by atoms with Crippen molar-refractivity contribution in [1.29, 1.82) is 0 Å². The fourth-order valence-electron chi connectivity index (χ4n) is 1.89. The number of benzene rings is 1. The fraction of sp³-hybridized carbons (Fsp3) is 0.462. The summed E-state index contributed by atoms with van der Waals surface area (Å²) in [7, 11) is 0. The lowest BCUT2D eigenvalue weighted by Gasteiger charge is -2.31. The molecule has 0 radical (unpaired) electrons. The van der Waals surface area contributed by atoms with Gasteiger partial charge < -0.3 is 9.47 Å². The molecule has 1 aromatic rings. The zero-order chi connectivity index (χ0) is 11.8. The van der Waals surface area contributed by atoms with E-state index in [1.807, 2.05) is 26.8 Å². The highest BCUT2D eigenvalue weighted by molar-refractivity contribution is 6.00. The van der Waals surface area contributed by atoms with E-state index in [0.717, 1.165) is 5.75 Å². The minimum atomic E-state index is -0.422. The highest BCUT2D eigenvalue weighted by Crippen LogP contribution is 2.35. The maximum Gasteiger partial charge on any atom is 0.170 e. The summed E-state index contributed by atoms with van der Waals surface area (Å²) >= 11 is 0. The van der Waals surface area contributed by atoms with Gasteiger partial charge in [-0.3, -0.25) is 4.79 Å².